The van der Waals surface area contributed by atoms with E-state index in [2.05, 4.69) is 10.0 Å². The molecule has 94 valence electrons. The van der Waals surface area contributed by atoms with Crippen molar-refractivity contribution in [1.82, 2.24) is 14.3 Å². The number of ether oxygens (including phenoxy) is 1. The monoisotopic (exact) mass is 251 g/mol. The van der Waals surface area contributed by atoms with Crippen molar-refractivity contribution in [2.24, 2.45) is 0 Å². The molecule has 0 aromatic heterocycles. The van der Waals surface area contributed by atoms with E-state index in [0.29, 0.717) is 26.1 Å². The van der Waals surface area contributed by atoms with Crippen LogP contribution < -0.4 is 10.0 Å². The Bertz CT molecular complexity index is 330. The fourth-order valence-electron chi connectivity index (χ4n) is 1.35. The van der Waals surface area contributed by atoms with Gasteiger partial charge < -0.3 is 10.1 Å². The number of hydrogen-bond donors (Lipinski definition) is 2. The second-order valence-corrected chi connectivity index (χ2v) is 5.18. The van der Waals surface area contributed by atoms with E-state index in [9.17, 15) is 13.2 Å². The highest BCUT2D eigenvalue weighted by Gasteiger charge is 2.25. The zero-order valence-electron chi connectivity index (χ0n) is 9.23. The predicted molar refractivity (Wildman–Crippen MR) is 58.0 cm³/mol. The Hall–Kier alpha value is -0.700. The molecule has 7 nitrogen and oxygen atoms in total. The molecule has 1 amide bonds. The highest BCUT2D eigenvalue weighted by atomic mass is 32.2. The molecule has 1 saturated heterocycles. The third-order valence-corrected chi connectivity index (χ3v) is 3.72. The van der Waals surface area contributed by atoms with Gasteiger partial charge in [-0.1, -0.05) is 0 Å². The summed E-state index contributed by atoms with van der Waals surface area (Å²) in [4.78, 5) is 11.2. The van der Waals surface area contributed by atoms with Gasteiger partial charge in [-0.2, -0.15) is 17.4 Å². The number of hydrogen-bond acceptors (Lipinski definition) is 4. The molecule has 0 unspecified atom stereocenters. The summed E-state index contributed by atoms with van der Waals surface area (Å²) in [6.07, 6.45) is 0.622. The fourth-order valence-corrected chi connectivity index (χ4v) is 2.53. The van der Waals surface area contributed by atoms with Crippen molar-refractivity contribution < 1.29 is 17.9 Å². The number of amides is 1. The maximum absolute atomic E-state index is 11.7. The Morgan fingerprint density at radius 1 is 1.56 bits per heavy atom. The van der Waals surface area contributed by atoms with E-state index in [1.807, 2.05) is 0 Å². The third kappa shape index (κ3) is 4.05. The van der Waals surface area contributed by atoms with Gasteiger partial charge in [0.25, 0.3) is 10.2 Å². The Morgan fingerprint density at radius 3 is 3.00 bits per heavy atom. The molecule has 0 bridgehead atoms. The van der Waals surface area contributed by atoms with E-state index in [-0.39, 0.29) is 19.0 Å². The van der Waals surface area contributed by atoms with Crippen LogP contribution >= 0.6 is 0 Å². The summed E-state index contributed by atoms with van der Waals surface area (Å²) in [5.41, 5.74) is 0. The van der Waals surface area contributed by atoms with E-state index in [1.54, 1.807) is 0 Å². The Kier molecular flexibility index (Phi) is 5.13. The maximum Gasteiger partial charge on any atom is 0.279 e. The zero-order chi connectivity index (χ0) is 12.0. The highest BCUT2D eigenvalue weighted by Crippen LogP contribution is 2.02. The van der Waals surface area contributed by atoms with Crippen LogP contribution in [0, 0.1) is 0 Å². The van der Waals surface area contributed by atoms with Crippen LogP contribution in [0.15, 0.2) is 0 Å². The second-order valence-electron chi connectivity index (χ2n) is 3.43. The lowest BCUT2D eigenvalue weighted by atomic mass is 10.4. The molecule has 1 fully saturated rings. The van der Waals surface area contributed by atoms with E-state index >= 15 is 0 Å². The van der Waals surface area contributed by atoms with Crippen LogP contribution in [-0.4, -0.2) is 58.5 Å². The molecule has 0 aromatic carbocycles. The lowest BCUT2D eigenvalue weighted by Gasteiger charge is -2.18. The molecule has 0 saturated carbocycles. The van der Waals surface area contributed by atoms with Gasteiger partial charge in [0.2, 0.25) is 5.91 Å². The number of carbonyl (C=O) groups excluding carboxylic acids is 1. The average Bonchev–Trinajstić information content (AvgIpc) is 2.43. The molecule has 0 aromatic rings. The van der Waals surface area contributed by atoms with E-state index in [1.165, 1.54) is 7.11 Å². The Labute approximate surface area is 95.3 Å². The van der Waals surface area contributed by atoms with Gasteiger partial charge in [-0.25, -0.2) is 0 Å². The minimum atomic E-state index is -3.57. The summed E-state index contributed by atoms with van der Waals surface area (Å²) in [5.74, 6) is -0.269. The molecule has 0 aliphatic carbocycles. The van der Waals surface area contributed by atoms with Crippen LogP contribution in [0.2, 0.25) is 0 Å². The number of carbonyl (C=O) groups is 1. The van der Waals surface area contributed by atoms with Gasteiger partial charge in [0.15, 0.2) is 0 Å². The van der Waals surface area contributed by atoms with Crippen molar-refractivity contribution in [2.75, 3.05) is 39.9 Å². The van der Waals surface area contributed by atoms with Crippen LogP contribution in [0.1, 0.15) is 6.42 Å². The minimum Gasteiger partial charge on any atom is -0.383 e. The van der Waals surface area contributed by atoms with Crippen molar-refractivity contribution >= 4 is 16.1 Å². The van der Waals surface area contributed by atoms with Crippen molar-refractivity contribution in [2.45, 2.75) is 6.42 Å². The van der Waals surface area contributed by atoms with Gasteiger partial charge in [0, 0.05) is 26.7 Å². The van der Waals surface area contributed by atoms with E-state index in [4.69, 9.17) is 4.74 Å². The molecule has 2 N–H and O–H groups in total. The Balaban J connectivity index is 2.55. The molecule has 8 heteroatoms. The number of nitrogens with zero attached hydrogens (tertiary/aromatic N) is 1. The average molecular weight is 251 g/mol. The van der Waals surface area contributed by atoms with Crippen LogP contribution in [0.4, 0.5) is 0 Å². The van der Waals surface area contributed by atoms with Gasteiger partial charge in [0.1, 0.15) is 0 Å². The van der Waals surface area contributed by atoms with Crippen molar-refractivity contribution in [3.63, 3.8) is 0 Å². The van der Waals surface area contributed by atoms with Crippen molar-refractivity contribution in [1.29, 1.82) is 0 Å². The topological polar surface area (TPSA) is 87.7 Å². The van der Waals surface area contributed by atoms with Crippen LogP contribution in [0.25, 0.3) is 0 Å². The molecule has 1 aliphatic heterocycles. The maximum atomic E-state index is 11.7. The summed E-state index contributed by atoms with van der Waals surface area (Å²) in [6, 6.07) is 0. The molecule has 1 aliphatic rings. The first kappa shape index (κ1) is 13.4. The van der Waals surface area contributed by atoms with E-state index in [0.717, 1.165) is 4.31 Å². The van der Waals surface area contributed by atoms with Gasteiger partial charge in [-0.15, -0.1) is 0 Å². The van der Waals surface area contributed by atoms with Gasteiger partial charge in [-0.05, 0) is 6.42 Å². The third-order valence-electron chi connectivity index (χ3n) is 2.16. The minimum absolute atomic E-state index is 0.123. The van der Waals surface area contributed by atoms with Crippen molar-refractivity contribution in [3.8, 4) is 0 Å². The molecule has 16 heavy (non-hydrogen) atoms. The van der Waals surface area contributed by atoms with Crippen LogP contribution in [0.3, 0.4) is 0 Å². The predicted octanol–water partition coefficient (Wildman–Crippen LogP) is -1.71. The van der Waals surface area contributed by atoms with Gasteiger partial charge in [-0.3, -0.25) is 4.79 Å². The fraction of sp³-hybridized carbons (Fsp3) is 0.875. The van der Waals surface area contributed by atoms with Crippen molar-refractivity contribution in [3.05, 3.63) is 0 Å². The first-order chi connectivity index (χ1) is 7.56. The largest absolute Gasteiger partial charge is 0.383 e. The lowest BCUT2D eigenvalue weighted by Crippen LogP contribution is -2.44. The zero-order valence-corrected chi connectivity index (χ0v) is 10.0. The molecular weight excluding hydrogens is 234 g/mol. The summed E-state index contributed by atoms with van der Waals surface area (Å²) >= 11 is 0. The molecule has 0 spiro atoms. The van der Waals surface area contributed by atoms with Gasteiger partial charge in [0.05, 0.1) is 13.2 Å². The standard InChI is InChI=1S/C8H17N3O4S/c1-15-6-4-10-16(13,14)11-5-2-3-9-8(12)7-11/h10H,2-7H2,1H3,(H,9,12). The smallest absolute Gasteiger partial charge is 0.279 e. The normalized spacial score (nSPS) is 19.2. The van der Waals surface area contributed by atoms with Crippen LogP contribution in [-0.2, 0) is 19.7 Å². The molecule has 1 heterocycles. The molecule has 0 atom stereocenters. The molecule has 0 radical (unpaired) electrons. The first-order valence-electron chi connectivity index (χ1n) is 5.06. The Morgan fingerprint density at radius 2 is 2.31 bits per heavy atom. The first-order valence-corrected chi connectivity index (χ1v) is 6.50. The van der Waals surface area contributed by atoms with E-state index < -0.39 is 10.2 Å². The second kappa shape index (κ2) is 6.14. The summed E-state index contributed by atoms with van der Waals surface area (Å²) < 4.78 is 31.7. The molecule has 1 rings (SSSR count). The number of methoxy groups -OCH3 is 1. The summed E-state index contributed by atoms with van der Waals surface area (Å²) in [7, 11) is -2.08. The summed E-state index contributed by atoms with van der Waals surface area (Å²) in [5, 5.41) is 2.62. The summed E-state index contributed by atoms with van der Waals surface area (Å²) in [6.45, 7) is 1.25. The van der Waals surface area contributed by atoms with Crippen LogP contribution in [0.5, 0.6) is 0 Å². The number of nitrogens with one attached hydrogen (secondary N) is 2. The lowest BCUT2D eigenvalue weighted by molar-refractivity contribution is -0.120. The number of rotatable bonds is 5. The SMILES string of the molecule is COCCNS(=O)(=O)N1CCCNC(=O)C1. The quantitative estimate of drug-likeness (QED) is 0.570. The molecular formula is C8H17N3O4S. The highest BCUT2D eigenvalue weighted by molar-refractivity contribution is 7.87. The van der Waals surface area contributed by atoms with Gasteiger partial charge >= 0.3 is 0 Å².